The van der Waals surface area contributed by atoms with Crippen molar-refractivity contribution in [3.05, 3.63) is 29.8 Å². The lowest BCUT2D eigenvalue weighted by Gasteiger charge is -2.31. The molecule has 0 unspecified atom stereocenters. The number of hydrogen-bond acceptors (Lipinski definition) is 3. The first-order valence-electron chi connectivity index (χ1n) is 8.10. The van der Waals surface area contributed by atoms with E-state index in [1.54, 1.807) is 0 Å². The van der Waals surface area contributed by atoms with Crippen LogP contribution >= 0.6 is 0 Å². The minimum absolute atomic E-state index is 0.0455. The van der Waals surface area contributed by atoms with Crippen molar-refractivity contribution in [2.75, 3.05) is 31.5 Å². The van der Waals surface area contributed by atoms with E-state index in [1.807, 2.05) is 24.3 Å². The second-order valence-electron chi connectivity index (χ2n) is 5.65. The van der Waals surface area contributed by atoms with E-state index in [2.05, 4.69) is 29.4 Å². The number of anilines is 1. The molecule has 0 saturated carbocycles. The fourth-order valence-electron chi connectivity index (χ4n) is 2.75. The molecule has 0 radical (unpaired) electrons. The van der Waals surface area contributed by atoms with Crippen molar-refractivity contribution in [3.63, 3.8) is 0 Å². The number of hydrogen-bond donors (Lipinski definition) is 2. The number of para-hydroxylation sites is 1. The Bertz CT molecular complexity index is 453. The number of nitrogens with zero attached hydrogens (tertiary/aromatic N) is 1. The predicted octanol–water partition coefficient (Wildman–Crippen LogP) is 2.72. The zero-order chi connectivity index (χ0) is 15.1. The molecule has 1 aliphatic rings. The maximum Gasteiger partial charge on any atom is 0.253 e. The third-order valence-corrected chi connectivity index (χ3v) is 4.11. The summed E-state index contributed by atoms with van der Waals surface area (Å²) >= 11 is 0. The van der Waals surface area contributed by atoms with Gasteiger partial charge in [0.15, 0.2) is 0 Å². The first-order valence-corrected chi connectivity index (χ1v) is 8.10. The molecule has 0 spiro atoms. The molecule has 4 heteroatoms. The summed E-state index contributed by atoms with van der Waals surface area (Å²) in [5.74, 6) is 0.0455. The van der Waals surface area contributed by atoms with Crippen LogP contribution in [-0.2, 0) is 0 Å². The number of nitrogens with one attached hydrogen (secondary N) is 2. The fraction of sp³-hybridized carbons (Fsp3) is 0.588. The van der Waals surface area contributed by atoms with Crippen LogP contribution in [0.1, 0.15) is 43.5 Å². The van der Waals surface area contributed by atoms with Crippen molar-refractivity contribution in [3.8, 4) is 0 Å². The second kappa shape index (κ2) is 8.03. The highest BCUT2D eigenvalue weighted by Gasteiger charge is 2.21. The second-order valence-corrected chi connectivity index (χ2v) is 5.65. The van der Waals surface area contributed by atoms with Crippen LogP contribution in [-0.4, -0.2) is 43.0 Å². The van der Waals surface area contributed by atoms with Gasteiger partial charge in [-0.3, -0.25) is 4.79 Å². The van der Waals surface area contributed by atoms with Crippen molar-refractivity contribution < 1.29 is 4.79 Å². The van der Waals surface area contributed by atoms with Gasteiger partial charge in [-0.2, -0.15) is 0 Å². The summed E-state index contributed by atoms with van der Waals surface area (Å²) in [6.07, 6.45) is 3.14. The predicted molar refractivity (Wildman–Crippen MR) is 87.8 cm³/mol. The monoisotopic (exact) mass is 289 g/mol. The van der Waals surface area contributed by atoms with Crippen molar-refractivity contribution in [1.82, 2.24) is 10.2 Å². The molecule has 1 heterocycles. The van der Waals surface area contributed by atoms with Gasteiger partial charge >= 0.3 is 0 Å². The normalized spacial score (nSPS) is 16.7. The Labute approximate surface area is 127 Å². The maximum absolute atomic E-state index is 12.5. The Morgan fingerprint density at radius 3 is 2.62 bits per heavy atom. The molecule has 1 aromatic rings. The lowest BCUT2D eigenvalue weighted by atomic mass is 10.0. The summed E-state index contributed by atoms with van der Waals surface area (Å²) in [6, 6.07) is 8.07. The van der Waals surface area contributed by atoms with Gasteiger partial charge in [0, 0.05) is 31.4 Å². The molecule has 2 rings (SSSR count). The summed E-state index contributed by atoms with van der Waals surface area (Å²) in [7, 11) is 0. The number of carbonyl (C=O) groups is 1. The van der Waals surface area contributed by atoms with Crippen LogP contribution in [0.25, 0.3) is 0 Å². The van der Waals surface area contributed by atoms with E-state index < -0.39 is 0 Å². The van der Waals surface area contributed by atoms with Crippen LogP contribution in [0.4, 0.5) is 5.69 Å². The smallest absolute Gasteiger partial charge is 0.253 e. The number of amides is 1. The molecule has 0 atom stereocenters. The number of benzene rings is 1. The zero-order valence-corrected chi connectivity index (χ0v) is 13.2. The van der Waals surface area contributed by atoms with E-state index >= 15 is 0 Å². The van der Waals surface area contributed by atoms with Gasteiger partial charge in [-0.1, -0.05) is 26.0 Å². The quantitative estimate of drug-likeness (QED) is 0.846. The summed E-state index contributed by atoms with van der Waals surface area (Å²) < 4.78 is 0. The highest BCUT2D eigenvalue weighted by Crippen LogP contribution is 2.16. The van der Waals surface area contributed by atoms with Gasteiger partial charge in [0.1, 0.15) is 0 Å². The Balaban J connectivity index is 1.94. The maximum atomic E-state index is 12.5. The van der Waals surface area contributed by atoms with Crippen LogP contribution < -0.4 is 10.6 Å². The SMILES string of the molecule is CCCNc1ccccc1C(=O)NC1CCN(CC)CC1. The zero-order valence-electron chi connectivity index (χ0n) is 13.2. The highest BCUT2D eigenvalue weighted by molar-refractivity contribution is 5.99. The molecule has 1 saturated heterocycles. The molecule has 2 N–H and O–H groups in total. The molecule has 21 heavy (non-hydrogen) atoms. The standard InChI is InChI=1S/C17H27N3O/c1-3-11-18-16-8-6-5-7-15(16)17(21)19-14-9-12-20(4-2)13-10-14/h5-8,14,18H,3-4,9-13H2,1-2H3,(H,19,21). The van der Waals surface area contributed by atoms with E-state index in [0.29, 0.717) is 6.04 Å². The fourth-order valence-corrected chi connectivity index (χ4v) is 2.75. The van der Waals surface area contributed by atoms with Crippen LogP contribution in [0.2, 0.25) is 0 Å². The lowest BCUT2D eigenvalue weighted by molar-refractivity contribution is 0.0913. The molecule has 0 aromatic heterocycles. The van der Waals surface area contributed by atoms with Crippen LogP contribution in [0, 0.1) is 0 Å². The topological polar surface area (TPSA) is 44.4 Å². The summed E-state index contributed by atoms with van der Waals surface area (Å²) in [4.78, 5) is 14.9. The number of likely N-dealkylation sites (tertiary alicyclic amines) is 1. The van der Waals surface area contributed by atoms with Gasteiger partial charge in [-0.25, -0.2) is 0 Å². The molecule has 1 amide bonds. The van der Waals surface area contributed by atoms with Gasteiger partial charge in [0.2, 0.25) is 0 Å². The van der Waals surface area contributed by atoms with Crippen LogP contribution in [0.5, 0.6) is 0 Å². The van der Waals surface area contributed by atoms with Crippen LogP contribution in [0.3, 0.4) is 0 Å². The third kappa shape index (κ3) is 4.46. The van der Waals surface area contributed by atoms with Crippen molar-refractivity contribution >= 4 is 11.6 Å². The molecule has 116 valence electrons. The molecular formula is C17H27N3O. The summed E-state index contributed by atoms with van der Waals surface area (Å²) in [5, 5.41) is 6.52. The minimum atomic E-state index is 0.0455. The number of rotatable bonds is 6. The number of piperidine rings is 1. The van der Waals surface area contributed by atoms with E-state index in [4.69, 9.17) is 0 Å². The van der Waals surface area contributed by atoms with Gasteiger partial charge < -0.3 is 15.5 Å². The van der Waals surface area contributed by atoms with E-state index in [0.717, 1.165) is 56.7 Å². The summed E-state index contributed by atoms with van der Waals surface area (Å²) in [5.41, 5.74) is 1.69. The Morgan fingerprint density at radius 1 is 1.24 bits per heavy atom. The molecule has 0 aliphatic carbocycles. The molecule has 0 bridgehead atoms. The van der Waals surface area contributed by atoms with Crippen LogP contribution in [0.15, 0.2) is 24.3 Å². The van der Waals surface area contributed by atoms with E-state index in [1.165, 1.54) is 0 Å². The molecular weight excluding hydrogens is 262 g/mol. The largest absolute Gasteiger partial charge is 0.384 e. The van der Waals surface area contributed by atoms with Gasteiger partial charge in [-0.15, -0.1) is 0 Å². The molecule has 1 fully saturated rings. The Hall–Kier alpha value is -1.55. The lowest BCUT2D eigenvalue weighted by Crippen LogP contribution is -2.44. The first-order chi connectivity index (χ1) is 10.2. The number of carbonyl (C=O) groups excluding carboxylic acids is 1. The average molecular weight is 289 g/mol. The Morgan fingerprint density at radius 2 is 1.95 bits per heavy atom. The first kappa shape index (κ1) is 15.8. The van der Waals surface area contributed by atoms with E-state index in [9.17, 15) is 4.79 Å². The van der Waals surface area contributed by atoms with Gasteiger partial charge in [0.25, 0.3) is 5.91 Å². The molecule has 4 nitrogen and oxygen atoms in total. The van der Waals surface area contributed by atoms with Crippen molar-refractivity contribution in [2.45, 2.75) is 39.2 Å². The Kier molecular flexibility index (Phi) is 6.05. The summed E-state index contributed by atoms with van der Waals surface area (Å²) in [6.45, 7) is 8.46. The van der Waals surface area contributed by atoms with Crippen molar-refractivity contribution in [2.24, 2.45) is 0 Å². The van der Waals surface area contributed by atoms with Crippen molar-refractivity contribution in [1.29, 1.82) is 0 Å². The molecule has 1 aromatic carbocycles. The van der Waals surface area contributed by atoms with Gasteiger partial charge in [0.05, 0.1) is 5.56 Å². The highest BCUT2D eigenvalue weighted by atomic mass is 16.1. The minimum Gasteiger partial charge on any atom is -0.384 e. The molecule has 1 aliphatic heterocycles. The third-order valence-electron chi connectivity index (χ3n) is 4.11. The van der Waals surface area contributed by atoms with E-state index in [-0.39, 0.29) is 5.91 Å². The van der Waals surface area contributed by atoms with Gasteiger partial charge in [-0.05, 0) is 37.9 Å². The average Bonchev–Trinajstić information content (AvgIpc) is 2.54.